The van der Waals surface area contributed by atoms with Gasteiger partial charge in [0.05, 0.1) is 12.4 Å². The zero-order chi connectivity index (χ0) is 10.3. The Balaban J connectivity index is 0. The maximum absolute atomic E-state index is 10.3. The third-order valence-corrected chi connectivity index (χ3v) is 3.15. The molecule has 0 bridgehead atoms. The average molecular weight is 283 g/mol. The first-order valence-electron chi connectivity index (χ1n) is 3.70. The van der Waals surface area contributed by atoms with Crippen LogP contribution in [0.5, 0.6) is 0 Å². The Morgan fingerprint density at radius 3 is 2.57 bits per heavy atom. The fraction of sp³-hybridized carbons (Fsp3) is 0.833. The average Bonchev–Trinajstić information content (AvgIpc) is 1.97. The van der Waals surface area contributed by atoms with Crippen LogP contribution in [-0.2, 0) is 14.9 Å². The van der Waals surface area contributed by atoms with E-state index in [-0.39, 0.29) is 57.1 Å². The van der Waals surface area contributed by atoms with Crippen molar-refractivity contribution in [2.75, 3.05) is 18.1 Å². The number of ether oxygens (including phenoxy) is 1. The van der Waals surface area contributed by atoms with Crippen molar-refractivity contribution in [3.05, 3.63) is 0 Å². The molecule has 1 N–H and O–H groups in total. The molecule has 0 unspecified atom stereocenters. The molecule has 4 nitrogen and oxygen atoms in total. The van der Waals surface area contributed by atoms with Crippen LogP contribution in [0.15, 0.2) is 0 Å². The van der Waals surface area contributed by atoms with Crippen molar-refractivity contribution in [3.8, 4) is 0 Å². The quantitative estimate of drug-likeness (QED) is 0.351. The van der Waals surface area contributed by atoms with Gasteiger partial charge in [-0.25, -0.2) is 0 Å². The van der Waals surface area contributed by atoms with Crippen molar-refractivity contribution in [2.24, 2.45) is 0 Å². The molecule has 0 fully saturated rings. The minimum Gasteiger partial charge on any atom is -0.479 e. The van der Waals surface area contributed by atoms with Gasteiger partial charge in [0.1, 0.15) is 0 Å². The summed E-state index contributed by atoms with van der Waals surface area (Å²) >= 11 is 6.06. The molecule has 0 aromatic rings. The van der Waals surface area contributed by atoms with Crippen molar-refractivity contribution in [1.29, 1.82) is 0 Å². The van der Waals surface area contributed by atoms with Gasteiger partial charge in [0.25, 0.3) is 10.1 Å². The van der Waals surface area contributed by atoms with E-state index < -0.39 is 10.1 Å². The summed E-state index contributed by atoms with van der Waals surface area (Å²) in [4.78, 5) is 0. The summed E-state index contributed by atoms with van der Waals surface area (Å²) in [6.07, 6.45) is 0.372. The molecule has 0 heterocycles. The van der Waals surface area contributed by atoms with Crippen LogP contribution >= 0.6 is 24.0 Å². The molecule has 14 heavy (non-hydrogen) atoms. The molecule has 0 spiro atoms. The Bertz CT molecular complexity index is 252. The summed E-state index contributed by atoms with van der Waals surface area (Å²) in [5, 5.41) is 0. The van der Waals surface area contributed by atoms with Crippen molar-refractivity contribution in [3.63, 3.8) is 0 Å². The summed E-state index contributed by atoms with van der Waals surface area (Å²) in [5.41, 5.74) is 0. The SMILES string of the molecule is CCOC(=S)SCCCS(=O)(=O)O.[K]. The number of rotatable bonds is 5. The smallest absolute Gasteiger partial charge is 0.264 e. The molecule has 0 atom stereocenters. The second kappa shape index (κ2) is 9.97. The molecule has 79 valence electrons. The van der Waals surface area contributed by atoms with E-state index >= 15 is 0 Å². The summed E-state index contributed by atoms with van der Waals surface area (Å²) in [5.74, 6) is 0.313. The van der Waals surface area contributed by atoms with E-state index in [9.17, 15) is 8.42 Å². The molecule has 0 rings (SSSR count). The maximum Gasteiger partial charge on any atom is 0.264 e. The van der Waals surface area contributed by atoms with E-state index in [1.165, 1.54) is 11.8 Å². The third kappa shape index (κ3) is 13.8. The van der Waals surface area contributed by atoms with Gasteiger partial charge < -0.3 is 4.74 Å². The summed E-state index contributed by atoms with van der Waals surface area (Å²) < 4.78 is 34.3. The van der Waals surface area contributed by atoms with Gasteiger partial charge in [-0.15, -0.1) is 0 Å². The molecule has 8 heteroatoms. The minimum atomic E-state index is -3.83. The van der Waals surface area contributed by atoms with E-state index in [0.29, 0.717) is 23.2 Å². The van der Waals surface area contributed by atoms with Gasteiger partial charge in [0, 0.05) is 57.1 Å². The second-order valence-electron chi connectivity index (χ2n) is 2.17. The molecule has 0 aliphatic carbocycles. The summed E-state index contributed by atoms with van der Waals surface area (Å²) in [6.45, 7) is 2.34. The number of hydrogen-bond donors (Lipinski definition) is 1. The Kier molecular flexibility index (Phi) is 12.9. The van der Waals surface area contributed by atoms with E-state index in [1.807, 2.05) is 6.92 Å². The molecule has 0 saturated carbocycles. The fourth-order valence-electron chi connectivity index (χ4n) is 0.556. The maximum atomic E-state index is 10.3. The van der Waals surface area contributed by atoms with E-state index in [1.54, 1.807) is 0 Å². The van der Waals surface area contributed by atoms with Crippen LogP contribution < -0.4 is 0 Å². The molecule has 0 amide bonds. The number of thiocarbonyl (C=S) groups is 1. The van der Waals surface area contributed by atoms with Crippen LogP contribution in [0.2, 0.25) is 0 Å². The van der Waals surface area contributed by atoms with Crippen molar-refractivity contribution >= 4 is 89.9 Å². The Labute approximate surface area is 137 Å². The zero-order valence-corrected chi connectivity index (χ0v) is 13.8. The van der Waals surface area contributed by atoms with Gasteiger partial charge >= 0.3 is 0 Å². The summed E-state index contributed by atoms with van der Waals surface area (Å²) in [7, 11) is -3.83. The first kappa shape index (κ1) is 18.2. The summed E-state index contributed by atoms with van der Waals surface area (Å²) in [6, 6.07) is 0. The normalized spacial score (nSPS) is 10.4. The number of thioether (sulfide) groups is 1. The topological polar surface area (TPSA) is 63.6 Å². The van der Waals surface area contributed by atoms with Gasteiger partial charge in [-0.05, 0) is 25.6 Å². The second-order valence-corrected chi connectivity index (χ2v) is 5.44. The van der Waals surface area contributed by atoms with Crippen LogP contribution in [0.25, 0.3) is 0 Å². The largest absolute Gasteiger partial charge is 0.479 e. The van der Waals surface area contributed by atoms with E-state index in [0.717, 1.165) is 0 Å². The third-order valence-electron chi connectivity index (χ3n) is 1.03. The van der Waals surface area contributed by atoms with Gasteiger partial charge in [-0.3, -0.25) is 4.55 Å². The monoisotopic (exact) mass is 283 g/mol. The molecule has 0 aromatic heterocycles. The molecular formula is C6H12KO4S3. The number of hydrogen-bond acceptors (Lipinski definition) is 5. The zero-order valence-electron chi connectivity index (χ0n) is 8.23. The van der Waals surface area contributed by atoms with Gasteiger partial charge in [-0.2, -0.15) is 8.42 Å². The predicted octanol–water partition coefficient (Wildman–Crippen LogP) is 0.938. The van der Waals surface area contributed by atoms with Crippen LogP contribution in [-0.4, -0.2) is 86.9 Å². The molecule has 1 radical (unpaired) electrons. The van der Waals surface area contributed by atoms with Crippen molar-refractivity contribution in [1.82, 2.24) is 0 Å². The van der Waals surface area contributed by atoms with Crippen LogP contribution in [0.3, 0.4) is 0 Å². The molecule has 0 saturated heterocycles. The van der Waals surface area contributed by atoms with Crippen LogP contribution in [0, 0.1) is 0 Å². The van der Waals surface area contributed by atoms with Crippen LogP contribution in [0.1, 0.15) is 13.3 Å². The van der Waals surface area contributed by atoms with E-state index in [4.69, 9.17) is 21.5 Å². The Morgan fingerprint density at radius 1 is 1.57 bits per heavy atom. The Morgan fingerprint density at radius 2 is 2.14 bits per heavy atom. The molecular weight excluding hydrogens is 271 g/mol. The minimum absolute atomic E-state index is 0. The predicted molar refractivity (Wildman–Crippen MR) is 63.5 cm³/mol. The van der Waals surface area contributed by atoms with Gasteiger partial charge in [0.15, 0.2) is 0 Å². The van der Waals surface area contributed by atoms with Crippen molar-refractivity contribution in [2.45, 2.75) is 13.3 Å². The first-order valence-corrected chi connectivity index (χ1v) is 6.70. The fourth-order valence-corrected chi connectivity index (χ4v) is 2.27. The van der Waals surface area contributed by atoms with Crippen LogP contribution in [0.4, 0.5) is 0 Å². The van der Waals surface area contributed by atoms with Crippen molar-refractivity contribution < 1.29 is 17.7 Å². The molecule has 0 aliphatic heterocycles. The first-order chi connectivity index (χ1) is 5.95. The molecule has 0 aliphatic rings. The van der Waals surface area contributed by atoms with Gasteiger partial charge in [-0.1, -0.05) is 11.8 Å². The molecule has 0 aromatic carbocycles. The standard InChI is InChI=1S/C6H12O4S3.K/c1-2-10-6(11)12-4-3-5-13(7,8)9;/h2-5H2,1H3,(H,7,8,9);. The Hall–Kier alpha value is 1.79. The van der Waals surface area contributed by atoms with Gasteiger partial charge in [0.2, 0.25) is 4.38 Å². The van der Waals surface area contributed by atoms with E-state index in [2.05, 4.69) is 0 Å².